The molecule has 1 rings (SSSR count). The van der Waals surface area contributed by atoms with Crippen LogP contribution in [-0.4, -0.2) is 50.8 Å². The Bertz CT molecular complexity index is 124. The van der Waals surface area contributed by atoms with E-state index in [0.717, 1.165) is 38.8 Å². The van der Waals surface area contributed by atoms with Crippen molar-refractivity contribution >= 4 is 0 Å². The van der Waals surface area contributed by atoms with Gasteiger partial charge in [0, 0.05) is 25.7 Å². The zero-order valence-electron chi connectivity index (χ0n) is 8.88. The largest absolute Gasteiger partial charge is 0.380 e. The monoisotopic (exact) mass is 186 g/mol. The van der Waals surface area contributed by atoms with Crippen molar-refractivity contribution in [3.8, 4) is 0 Å². The van der Waals surface area contributed by atoms with Gasteiger partial charge in [-0.1, -0.05) is 6.92 Å². The SMILES string of the molecule is CCCOCCN(C)C1CCNC1. The molecule has 3 nitrogen and oxygen atoms in total. The lowest BCUT2D eigenvalue weighted by molar-refractivity contribution is 0.101. The van der Waals surface area contributed by atoms with Crippen LogP contribution in [0.15, 0.2) is 0 Å². The molecule has 1 aliphatic rings. The molecule has 0 saturated carbocycles. The first-order valence-electron chi connectivity index (χ1n) is 5.33. The third-order valence-corrected chi connectivity index (χ3v) is 2.59. The number of ether oxygens (including phenoxy) is 1. The molecule has 0 aromatic heterocycles. The summed E-state index contributed by atoms with van der Waals surface area (Å²) in [5, 5.41) is 3.37. The van der Waals surface area contributed by atoms with Gasteiger partial charge in [0.05, 0.1) is 6.61 Å². The average Bonchev–Trinajstić information content (AvgIpc) is 2.65. The van der Waals surface area contributed by atoms with Crippen LogP contribution in [0.5, 0.6) is 0 Å². The minimum absolute atomic E-state index is 0.727. The van der Waals surface area contributed by atoms with Crippen LogP contribution in [0.2, 0.25) is 0 Å². The van der Waals surface area contributed by atoms with Gasteiger partial charge in [0.2, 0.25) is 0 Å². The number of hydrogen-bond donors (Lipinski definition) is 1. The van der Waals surface area contributed by atoms with Crippen LogP contribution < -0.4 is 5.32 Å². The highest BCUT2D eigenvalue weighted by molar-refractivity contribution is 4.78. The van der Waals surface area contributed by atoms with Crippen molar-refractivity contribution < 1.29 is 4.74 Å². The van der Waals surface area contributed by atoms with E-state index in [1.165, 1.54) is 13.0 Å². The predicted molar refractivity (Wildman–Crippen MR) is 55.0 cm³/mol. The van der Waals surface area contributed by atoms with Crippen LogP contribution in [0.3, 0.4) is 0 Å². The molecule has 1 saturated heterocycles. The molecule has 1 atom stereocenters. The fourth-order valence-corrected chi connectivity index (χ4v) is 1.65. The van der Waals surface area contributed by atoms with Crippen LogP contribution >= 0.6 is 0 Å². The van der Waals surface area contributed by atoms with Gasteiger partial charge in [-0.15, -0.1) is 0 Å². The van der Waals surface area contributed by atoms with E-state index in [2.05, 4.69) is 24.2 Å². The first kappa shape index (κ1) is 11.0. The van der Waals surface area contributed by atoms with Gasteiger partial charge in [-0.3, -0.25) is 4.90 Å². The highest BCUT2D eigenvalue weighted by Crippen LogP contribution is 2.05. The lowest BCUT2D eigenvalue weighted by Crippen LogP contribution is -2.35. The Labute approximate surface area is 81.4 Å². The van der Waals surface area contributed by atoms with Gasteiger partial charge in [-0.2, -0.15) is 0 Å². The van der Waals surface area contributed by atoms with Crippen LogP contribution in [0.1, 0.15) is 19.8 Å². The van der Waals surface area contributed by atoms with Crippen molar-refractivity contribution in [3.63, 3.8) is 0 Å². The fraction of sp³-hybridized carbons (Fsp3) is 1.00. The molecule has 1 N–H and O–H groups in total. The Morgan fingerprint density at radius 2 is 2.31 bits per heavy atom. The van der Waals surface area contributed by atoms with E-state index in [4.69, 9.17) is 4.74 Å². The van der Waals surface area contributed by atoms with E-state index in [-0.39, 0.29) is 0 Å². The molecule has 78 valence electrons. The van der Waals surface area contributed by atoms with E-state index >= 15 is 0 Å². The Morgan fingerprint density at radius 1 is 1.46 bits per heavy atom. The summed E-state index contributed by atoms with van der Waals surface area (Å²) in [4.78, 5) is 2.40. The summed E-state index contributed by atoms with van der Waals surface area (Å²) in [6.45, 7) is 7.30. The summed E-state index contributed by atoms with van der Waals surface area (Å²) < 4.78 is 5.45. The van der Waals surface area contributed by atoms with E-state index < -0.39 is 0 Å². The molecule has 0 bridgehead atoms. The summed E-state index contributed by atoms with van der Waals surface area (Å²) in [5.74, 6) is 0. The van der Waals surface area contributed by atoms with Crippen molar-refractivity contribution in [3.05, 3.63) is 0 Å². The topological polar surface area (TPSA) is 24.5 Å². The Kier molecular flexibility index (Phi) is 5.35. The number of hydrogen-bond acceptors (Lipinski definition) is 3. The molecule has 0 aliphatic carbocycles. The third-order valence-electron chi connectivity index (χ3n) is 2.59. The maximum absolute atomic E-state index is 5.45. The summed E-state index contributed by atoms with van der Waals surface area (Å²) in [6, 6.07) is 0.727. The third kappa shape index (κ3) is 4.07. The van der Waals surface area contributed by atoms with Gasteiger partial charge in [0.25, 0.3) is 0 Å². The molecule has 13 heavy (non-hydrogen) atoms. The van der Waals surface area contributed by atoms with E-state index in [0.29, 0.717) is 0 Å². The van der Waals surface area contributed by atoms with Gasteiger partial charge >= 0.3 is 0 Å². The second kappa shape index (κ2) is 6.35. The molecule has 1 unspecified atom stereocenters. The normalized spacial score (nSPS) is 22.8. The first-order chi connectivity index (χ1) is 6.34. The highest BCUT2D eigenvalue weighted by Gasteiger charge is 2.18. The zero-order valence-corrected chi connectivity index (χ0v) is 8.88. The standard InChI is InChI=1S/C10H22N2O/c1-3-7-13-8-6-12(2)10-4-5-11-9-10/h10-11H,3-9H2,1-2H3. The number of nitrogens with one attached hydrogen (secondary N) is 1. The quantitative estimate of drug-likeness (QED) is 0.618. The predicted octanol–water partition coefficient (Wildman–Crippen LogP) is 0.707. The fourth-order valence-electron chi connectivity index (χ4n) is 1.65. The number of rotatable bonds is 6. The smallest absolute Gasteiger partial charge is 0.0593 e. The molecule has 1 aliphatic heterocycles. The lowest BCUT2D eigenvalue weighted by atomic mass is 10.2. The summed E-state index contributed by atoms with van der Waals surface area (Å²) in [5.41, 5.74) is 0. The van der Waals surface area contributed by atoms with Crippen LogP contribution in [0.25, 0.3) is 0 Å². The summed E-state index contributed by atoms with van der Waals surface area (Å²) in [7, 11) is 2.19. The summed E-state index contributed by atoms with van der Waals surface area (Å²) in [6.07, 6.45) is 2.40. The molecular weight excluding hydrogens is 164 g/mol. The van der Waals surface area contributed by atoms with Crippen LogP contribution in [0, 0.1) is 0 Å². The van der Waals surface area contributed by atoms with Gasteiger partial charge in [-0.05, 0) is 26.4 Å². The van der Waals surface area contributed by atoms with E-state index in [1.54, 1.807) is 0 Å². The molecular formula is C10H22N2O. The van der Waals surface area contributed by atoms with Crippen molar-refractivity contribution in [1.82, 2.24) is 10.2 Å². The molecule has 0 aromatic carbocycles. The maximum Gasteiger partial charge on any atom is 0.0593 e. The second-order valence-corrected chi connectivity index (χ2v) is 3.74. The second-order valence-electron chi connectivity index (χ2n) is 3.74. The average molecular weight is 186 g/mol. The van der Waals surface area contributed by atoms with Crippen LogP contribution in [0.4, 0.5) is 0 Å². The molecule has 0 aromatic rings. The van der Waals surface area contributed by atoms with Gasteiger partial charge in [0.15, 0.2) is 0 Å². The van der Waals surface area contributed by atoms with Gasteiger partial charge < -0.3 is 10.1 Å². The van der Waals surface area contributed by atoms with Crippen molar-refractivity contribution in [2.45, 2.75) is 25.8 Å². The molecule has 3 heteroatoms. The van der Waals surface area contributed by atoms with Crippen molar-refractivity contribution in [2.75, 3.05) is 39.9 Å². The highest BCUT2D eigenvalue weighted by atomic mass is 16.5. The Balaban J connectivity index is 1.99. The molecule has 0 amide bonds. The van der Waals surface area contributed by atoms with E-state index in [1.807, 2.05) is 0 Å². The van der Waals surface area contributed by atoms with E-state index in [9.17, 15) is 0 Å². The number of nitrogens with zero attached hydrogens (tertiary/aromatic N) is 1. The summed E-state index contributed by atoms with van der Waals surface area (Å²) >= 11 is 0. The number of likely N-dealkylation sites (N-methyl/N-ethyl adjacent to an activating group) is 1. The molecule has 0 radical (unpaired) electrons. The Morgan fingerprint density at radius 3 is 2.92 bits per heavy atom. The molecule has 0 spiro atoms. The van der Waals surface area contributed by atoms with Crippen LogP contribution in [-0.2, 0) is 4.74 Å². The maximum atomic E-state index is 5.45. The molecule has 1 heterocycles. The van der Waals surface area contributed by atoms with Gasteiger partial charge in [0.1, 0.15) is 0 Å². The van der Waals surface area contributed by atoms with Gasteiger partial charge in [-0.25, -0.2) is 0 Å². The van der Waals surface area contributed by atoms with Crippen molar-refractivity contribution in [1.29, 1.82) is 0 Å². The zero-order chi connectivity index (χ0) is 9.52. The Hall–Kier alpha value is -0.120. The lowest BCUT2D eigenvalue weighted by Gasteiger charge is -2.22. The first-order valence-corrected chi connectivity index (χ1v) is 5.33. The minimum atomic E-state index is 0.727. The molecule has 1 fully saturated rings. The van der Waals surface area contributed by atoms with Crippen molar-refractivity contribution in [2.24, 2.45) is 0 Å². The minimum Gasteiger partial charge on any atom is -0.380 e.